The smallest absolute Gasteiger partial charge is 0.305 e. The maximum Gasteiger partial charge on any atom is 0.305 e. The number of fused-ring (bicyclic) bond motifs is 2. The Balaban J connectivity index is 1.75. The van der Waals surface area contributed by atoms with Crippen molar-refractivity contribution < 1.29 is 23.9 Å². The summed E-state index contributed by atoms with van der Waals surface area (Å²) >= 11 is 0. The van der Waals surface area contributed by atoms with Gasteiger partial charge in [-0.25, -0.2) is 0 Å². The summed E-state index contributed by atoms with van der Waals surface area (Å²) in [5.41, 5.74) is 0.404. The van der Waals surface area contributed by atoms with Crippen LogP contribution in [0.1, 0.15) is 61.9 Å². The van der Waals surface area contributed by atoms with Gasteiger partial charge in [-0.3, -0.25) is 14.4 Å². The maximum absolute atomic E-state index is 14.1. The quantitative estimate of drug-likeness (QED) is 0.282. The van der Waals surface area contributed by atoms with Crippen molar-refractivity contribution in [1.29, 1.82) is 0 Å². The number of methoxy groups -OCH3 is 1. The Morgan fingerprint density at radius 3 is 2.49 bits per heavy atom. The maximum atomic E-state index is 14.1. The molecule has 0 radical (unpaired) electrons. The van der Waals surface area contributed by atoms with Crippen LogP contribution >= 0.6 is 0 Å². The van der Waals surface area contributed by atoms with E-state index in [1.54, 1.807) is 31.1 Å². The highest BCUT2D eigenvalue weighted by atomic mass is 16.5. The first-order valence-electron chi connectivity index (χ1n) is 12.9. The van der Waals surface area contributed by atoms with Crippen molar-refractivity contribution in [3.8, 4) is 5.75 Å². The Hall–Kier alpha value is -3.87. The van der Waals surface area contributed by atoms with E-state index in [4.69, 9.17) is 9.47 Å². The molecule has 1 atom stereocenters. The van der Waals surface area contributed by atoms with Crippen LogP contribution in [-0.2, 0) is 19.9 Å². The molecule has 1 aliphatic rings. The number of benzene rings is 3. The average Bonchev–Trinajstić information content (AvgIpc) is 3.14. The van der Waals surface area contributed by atoms with E-state index < -0.39 is 11.5 Å². The normalized spacial score (nSPS) is 16.5. The second-order valence-corrected chi connectivity index (χ2v) is 9.27. The lowest BCUT2D eigenvalue weighted by molar-refractivity contribution is -0.143. The van der Waals surface area contributed by atoms with Gasteiger partial charge in [0.1, 0.15) is 11.3 Å². The molecule has 0 bridgehead atoms. The van der Waals surface area contributed by atoms with E-state index in [0.717, 1.165) is 30.0 Å². The number of rotatable bonds is 11. The SMILES string of the molecule is CCCCCN1C(=O)C(CCC(=O)OCC)(NC(=O)c2ccc3ccccc3c2)c2ccc(OC)cc21. The molecule has 0 saturated heterocycles. The van der Waals surface area contributed by atoms with Gasteiger partial charge in [-0.1, -0.05) is 56.2 Å². The molecule has 0 saturated carbocycles. The summed E-state index contributed by atoms with van der Waals surface area (Å²) in [6, 6.07) is 18.7. The van der Waals surface area contributed by atoms with Crippen molar-refractivity contribution in [2.75, 3.05) is 25.2 Å². The van der Waals surface area contributed by atoms with E-state index in [9.17, 15) is 14.4 Å². The largest absolute Gasteiger partial charge is 0.497 e. The van der Waals surface area contributed by atoms with E-state index in [2.05, 4.69) is 12.2 Å². The van der Waals surface area contributed by atoms with Crippen LogP contribution in [-0.4, -0.2) is 38.0 Å². The van der Waals surface area contributed by atoms with Crippen LogP contribution in [0.3, 0.4) is 0 Å². The fraction of sp³-hybridized carbons (Fsp3) is 0.367. The van der Waals surface area contributed by atoms with Crippen LogP contribution in [0.15, 0.2) is 60.7 Å². The summed E-state index contributed by atoms with van der Waals surface area (Å²) in [6.45, 7) is 4.61. The molecule has 4 rings (SSSR count). The third-order valence-electron chi connectivity index (χ3n) is 6.90. The molecule has 1 unspecified atom stereocenters. The zero-order valence-electron chi connectivity index (χ0n) is 21.7. The van der Waals surface area contributed by atoms with Crippen molar-refractivity contribution in [2.45, 2.75) is 51.5 Å². The summed E-state index contributed by atoms with van der Waals surface area (Å²) in [7, 11) is 1.58. The van der Waals surface area contributed by atoms with Gasteiger partial charge in [-0.2, -0.15) is 0 Å². The van der Waals surface area contributed by atoms with Crippen molar-refractivity contribution in [3.63, 3.8) is 0 Å². The molecule has 1 aliphatic heterocycles. The summed E-state index contributed by atoms with van der Waals surface area (Å²) in [5.74, 6) is -0.409. The van der Waals surface area contributed by atoms with Crippen molar-refractivity contribution >= 4 is 34.2 Å². The van der Waals surface area contributed by atoms with Gasteiger partial charge in [0.05, 0.1) is 19.4 Å². The number of nitrogens with one attached hydrogen (secondary N) is 1. The highest BCUT2D eigenvalue weighted by molar-refractivity contribution is 6.11. The van der Waals surface area contributed by atoms with E-state index >= 15 is 0 Å². The third-order valence-corrected chi connectivity index (χ3v) is 6.90. The first kappa shape index (κ1) is 26.2. The van der Waals surface area contributed by atoms with Crippen molar-refractivity contribution in [3.05, 3.63) is 71.8 Å². The summed E-state index contributed by atoms with van der Waals surface area (Å²) in [5, 5.41) is 5.01. The predicted molar refractivity (Wildman–Crippen MR) is 144 cm³/mol. The summed E-state index contributed by atoms with van der Waals surface area (Å²) in [4.78, 5) is 41.9. The van der Waals surface area contributed by atoms with Crippen LogP contribution in [0.5, 0.6) is 5.75 Å². The average molecular weight is 503 g/mol. The molecule has 7 heteroatoms. The Labute approximate surface area is 217 Å². The third kappa shape index (κ3) is 5.31. The van der Waals surface area contributed by atoms with Gasteiger partial charge in [0.15, 0.2) is 0 Å². The van der Waals surface area contributed by atoms with Crippen molar-refractivity contribution in [1.82, 2.24) is 5.32 Å². The summed E-state index contributed by atoms with van der Waals surface area (Å²) < 4.78 is 10.6. The predicted octanol–water partition coefficient (Wildman–Crippen LogP) is 5.35. The fourth-order valence-electron chi connectivity index (χ4n) is 4.96. The zero-order chi connectivity index (χ0) is 26.4. The number of unbranched alkanes of at least 4 members (excludes halogenated alkanes) is 2. The van der Waals surface area contributed by atoms with Crippen molar-refractivity contribution in [2.24, 2.45) is 0 Å². The minimum absolute atomic E-state index is 0.00809. The van der Waals surface area contributed by atoms with Gasteiger partial charge >= 0.3 is 5.97 Å². The zero-order valence-corrected chi connectivity index (χ0v) is 21.7. The standard InChI is InChI=1S/C30H34N2O5/c1-4-6-9-18-32-26-20-24(36-3)14-15-25(26)30(29(32)35,17-16-27(33)37-5-2)31-28(34)23-13-12-21-10-7-8-11-22(21)19-23/h7-8,10-15,19-20H,4-6,9,16-18H2,1-3H3,(H,31,34). The van der Waals surface area contributed by atoms with Gasteiger partial charge in [0, 0.05) is 30.2 Å². The van der Waals surface area contributed by atoms with Crippen LogP contribution in [0, 0.1) is 0 Å². The number of nitrogens with zero attached hydrogens (tertiary/aromatic N) is 1. The molecule has 37 heavy (non-hydrogen) atoms. The number of amides is 2. The Kier molecular flexibility index (Phi) is 8.11. The van der Waals surface area contributed by atoms with E-state index in [-0.39, 0.29) is 31.3 Å². The van der Waals surface area contributed by atoms with Gasteiger partial charge in [-0.15, -0.1) is 0 Å². The molecular formula is C30H34N2O5. The first-order chi connectivity index (χ1) is 17.9. The lowest BCUT2D eigenvalue weighted by Crippen LogP contribution is -2.53. The van der Waals surface area contributed by atoms with E-state index in [0.29, 0.717) is 29.1 Å². The number of hydrogen-bond acceptors (Lipinski definition) is 5. The molecular weight excluding hydrogens is 468 g/mol. The van der Waals surface area contributed by atoms with Gasteiger partial charge in [-0.05, 0) is 48.7 Å². The molecule has 194 valence electrons. The number of ether oxygens (including phenoxy) is 2. The molecule has 2 amide bonds. The molecule has 0 fully saturated rings. The van der Waals surface area contributed by atoms with Crippen LogP contribution in [0.4, 0.5) is 5.69 Å². The lowest BCUT2D eigenvalue weighted by Gasteiger charge is -2.30. The van der Waals surface area contributed by atoms with Gasteiger partial charge in [0.2, 0.25) is 0 Å². The van der Waals surface area contributed by atoms with E-state index in [1.165, 1.54) is 0 Å². The van der Waals surface area contributed by atoms with Crippen LogP contribution < -0.4 is 15.0 Å². The van der Waals surface area contributed by atoms with Gasteiger partial charge in [0.25, 0.3) is 11.8 Å². The second kappa shape index (κ2) is 11.5. The highest BCUT2D eigenvalue weighted by Gasteiger charge is 2.52. The highest BCUT2D eigenvalue weighted by Crippen LogP contribution is 2.45. The number of carbonyl (C=O) groups excluding carboxylic acids is 3. The first-order valence-corrected chi connectivity index (χ1v) is 12.9. The van der Waals surface area contributed by atoms with Crippen LogP contribution in [0.25, 0.3) is 10.8 Å². The fourth-order valence-corrected chi connectivity index (χ4v) is 4.96. The number of hydrogen-bond donors (Lipinski definition) is 1. The molecule has 1 heterocycles. The second-order valence-electron chi connectivity index (χ2n) is 9.27. The molecule has 1 N–H and O–H groups in total. The molecule has 3 aromatic rings. The Morgan fingerprint density at radius 1 is 0.973 bits per heavy atom. The monoisotopic (exact) mass is 502 g/mol. The van der Waals surface area contributed by atoms with Crippen LogP contribution in [0.2, 0.25) is 0 Å². The van der Waals surface area contributed by atoms with Gasteiger partial charge < -0.3 is 19.7 Å². The molecule has 0 aliphatic carbocycles. The summed E-state index contributed by atoms with van der Waals surface area (Å²) in [6.07, 6.45) is 2.90. The molecule has 0 aromatic heterocycles. The minimum atomic E-state index is -1.40. The topological polar surface area (TPSA) is 84.9 Å². The number of anilines is 1. The Morgan fingerprint density at radius 2 is 1.76 bits per heavy atom. The number of esters is 1. The molecule has 7 nitrogen and oxygen atoms in total. The Bertz CT molecular complexity index is 1300. The van der Waals surface area contributed by atoms with E-state index in [1.807, 2.05) is 48.5 Å². The molecule has 3 aromatic carbocycles. The minimum Gasteiger partial charge on any atom is -0.497 e. The lowest BCUT2D eigenvalue weighted by atomic mass is 9.85. The molecule has 0 spiro atoms. The number of carbonyl (C=O) groups is 3.